The summed E-state index contributed by atoms with van der Waals surface area (Å²) in [5.74, 6) is 0. The van der Waals surface area contributed by atoms with E-state index in [0.717, 1.165) is 50.1 Å². The Hall–Kier alpha value is -7.98. The Labute approximate surface area is 370 Å². The average molecular weight is 822 g/mol. The van der Waals surface area contributed by atoms with Gasteiger partial charge < -0.3 is 9.32 Å². The van der Waals surface area contributed by atoms with Gasteiger partial charge in [0.25, 0.3) is 0 Å². The third kappa shape index (κ3) is 6.50. The van der Waals surface area contributed by atoms with Crippen molar-refractivity contribution in [3.8, 4) is 55.6 Å². The quantitative estimate of drug-likeness (QED) is 0.152. The molecule has 0 aliphatic carbocycles. The summed E-state index contributed by atoms with van der Waals surface area (Å²) in [7, 11) is 0. The maximum atomic E-state index is 6.31. The van der Waals surface area contributed by atoms with Crippen molar-refractivity contribution in [1.29, 1.82) is 0 Å². The maximum absolute atomic E-state index is 6.31. The second-order valence-electron chi connectivity index (χ2n) is 16.0. The number of hydrogen-bond donors (Lipinski definition) is 0. The SMILES string of the molecule is c1ccc(-c2ccccc2-c2c(-c3ccccc3)cccc2N(c2ccc(-c3ccc4c(c3)oc3ccccc34)cc2)c2ccc(-c3cccc4sc5ccccc5c34)cc2)cc1. The van der Waals surface area contributed by atoms with E-state index in [1.54, 1.807) is 0 Å². The van der Waals surface area contributed by atoms with Crippen LogP contribution < -0.4 is 4.90 Å². The second-order valence-corrected chi connectivity index (χ2v) is 17.1. The van der Waals surface area contributed by atoms with Crippen molar-refractivity contribution in [2.24, 2.45) is 0 Å². The topological polar surface area (TPSA) is 16.4 Å². The van der Waals surface area contributed by atoms with Gasteiger partial charge in [0.05, 0.1) is 5.69 Å². The molecule has 0 saturated heterocycles. The summed E-state index contributed by atoms with van der Waals surface area (Å²) in [4.78, 5) is 2.43. The summed E-state index contributed by atoms with van der Waals surface area (Å²) in [6, 6.07) is 85.5. The Bertz CT molecular complexity index is 3600. The number of thiophene rings is 1. The van der Waals surface area contributed by atoms with Gasteiger partial charge in [0, 0.05) is 47.9 Å². The minimum absolute atomic E-state index is 0.894. The molecule has 2 aromatic heterocycles. The molecule has 63 heavy (non-hydrogen) atoms. The number of hydrogen-bond acceptors (Lipinski definition) is 3. The fourth-order valence-corrected chi connectivity index (χ4v) is 10.5. The summed E-state index contributed by atoms with van der Waals surface area (Å²) in [5.41, 5.74) is 16.7. The second kappa shape index (κ2) is 15.5. The molecule has 0 spiro atoms. The lowest BCUT2D eigenvalue weighted by atomic mass is 9.87. The summed E-state index contributed by atoms with van der Waals surface area (Å²) in [5, 5.41) is 4.89. The van der Waals surface area contributed by atoms with E-state index in [0.29, 0.717) is 0 Å². The molecule has 0 amide bonds. The molecule has 296 valence electrons. The molecule has 0 radical (unpaired) electrons. The van der Waals surface area contributed by atoms with Gasteiger partial charge in [-0.25, -0.2) is 0 Å². The Morgan fingerprint density at radius 1 is 0.317 bits per heavy atom. The Balaban J connectivity index is 1.05. The lowest BCUT2D eigenvalue weighted by Gasteiger charge is -2.30. The zero-order chi connectivity index (χ0) is 41.7. The number of fused-ring (bicyclic) bond motifs is 6. The normalized spacial score (nSPS) is 11.5. The van der Waals surface area contributed by atoms with Crippen LogP contribution in [0.15, 0.2) is 241 Å². The highest BCUT2D eigenvalue weighted by Gasteiger charge is 2.23. The zero-order valence-corrected chi connectivity index (χ0v) is 35.1. The van der Waals surface area contributed by atoms with Crippen LogP contribution in [0.4, 0.5) is 17.1 Å². The first-order chi connectivity index (χ1) is 31.2. The van der Waals surface area contributed by atoms with Crippen molar-refractivity contribution in [2.75, 3.05) is 4.90 Å². The van der Waals surface area contributed by atoms with Crippen molar-refractivity contribution in [3.63, 3.8) is 0 Å². The predicted octanol–water partition coefficient (Wildman–Crippen LogP) is 17.8. The standard InChI is InChI=1S/C60H39NOS/c1-3-15-41(16-4-1)47-19-7-8-21-52(47)59-48(42-17-5-2-6-18-42)23-13-25-54(59)61(45-34-29-40(30-35-45)44-33-38-51-50-20-9-11-26-55(50)62-56(51)39-44)46-36-31-43(32-37-46)49-24-14-28-58-60(49)53-22-10-12-27-57(53)63-58/h1-39H. The molecule has 2 nitrogen and oxygen atoms in total. The van der Waals surface area contributed by atoms with E-state index >= 15 is 0 Å². The Kier molecular flexibility index (Phi) is 9.06. The van der Waals surface area contributed by atoms with Crippen molar-refractivity contribution >= 4 is 70.5 Å². The first-order valence-corrected chi connectivity index (χ1v) is 22.2. The van der Waals surface area contributed by atoms with Gasteiger partial charge >= 0.3 is 0 Å². The third-order valence-corrected chi connectivity index (χ3v) is 13.5. The highest BCUT2D eigenvalue weighted by Crippen LogP contribution is 2.49. The number of anilines is 3. The van der Waals surface area contributed by atoms with Crippen LogP contribution in [0.25, 0.3) is 97.7 Å². The number of furan rings is 1. The van der Waals surface area contributed by atoms with Crippen molar-refractivity contribution in [3.05, 3.63) is 237 Å². The molecule has 2 heterocycles. The van der Waals surface area contributed by atoms with Crippen molar-refractivity contribution < 1.29 is 4.42 Å². The summed E-state index contributed by atoms with van der Waals surface area (Å²) in [6.45, 7) is 0. The molecular formula is C60H39NOS. The lowest BCUT2D eigenvalue weighted by Crippen LogP contribution is -2.12. The van der Waals surface area contributed by atoms with Gasteiger partial charge in [-0.1, -0.05) is 176 Å². The molecule has 12 rings (SSSR count). The molecule has 10 aromatic carbocycles. The maximum Gasteiger partial charge on any atom is 0.136 e. The molecule has 12 aromatic rings. The summed E-state index contributed by atoms with van der Waals surface area (Å²) < 4.78 is 8.93. The minimum Gasteiger partial charge on any atom is -0.456 e. The van der Waals surface area contributed by atoms with Crippen LogP contribution in [0.2, 0.25) is 0 Å². The Morgan fingerprint density at radius 2 is 0.841 bits per heavy atom. The van der Waals surface area contributed by atoms with Gasteiger partial charge in [0.15, 0.2) is 0 Å². The van der Waals surface area contributed by atoms with Crippen LogP contribution in [-0.2, 0) is 0 Å². The molecule has 0 bridgehead atoms. The zero-order valence-electron chi connectivity index (χ0n) is 34.3. The molecular weight excluding hydrogens is 783 g/mol. The van der Waals surface area contributed by atoms with E-state index in [-0.39, 0.29) is 0 Å². The van der Waals surface area contributed by atoms with Gasteiger partial charge in [0.1, 0.15) is 11.2 Å². The molecule has 0 aliphatic rings. The van der Waals surface area contributed by atoms with E-state index in [1.807, 2.05) is 23.5 Å². The van der Waals surface area contributed by atoms with Crippen LogP contribution in [-0.4, -0.2) is 0 Å². The van der Waals surface area contributed by atoms with Crippen LogP contribution in [0.5, 0.6) is 0 Å². The molecule has 0 N–H and O–H groups in total. The lowest BCUT2D eigenvalue weighted by molar-refractivity contribution is 0.669. The van der Waals surface area contributed by atoms with Gasteiger partial charge in [-0.2, -0.15) is 0 Å². The first-order valence-electron chi connectivity index (χ1n) is 21.4. The van der Waals surface area contributed by atoms with Crippen LogP contribution in [0.1, 0.15) is 0 Å². The van der Waals surface area contributed by atoms with Crippen molar-refractivity contribution in [2.45, 2.75) is 0 Å². The fourth-order valence-electron chi connectivity index (χ4n) is 9.38. The highest BCUT2D eigenvalue weighted by molar-refractivity contribution is 7.25. The third-order valence-electron chi connectivity index (χ3n) is 12.3. The van der Waals surface area contributed by atoms with E-state index in [4.69, 9.17) is 4.42 Å². The minimum atomic E-state index is 0.894. The van der Waals surface area contributed by atoms with Gasteiger partial charge in [0.2, 0.25) is 0 Å². The molecule has 3 heteroatoms. The van der Waals surface area contributed by atoms with Crippen LogP contribution >= 0.6 is 11.3 Å². The van der Waals surface area contributed by atoms with Crippen LogP contribution in [0, 0.1) is 0 Å². The molecule has 0 fully saturated rings. The molecule has 0 saturated carbocycles. The van der Waals surface area contributed by atoms with Gasteiger partial charge in [-0.3, -0.25) is 0 Å². The fraction of sp³-hybridized carbons (Fsp3) is 0. The van der Waals surface area contributed by atoms with Gasteiger partial charge in [-0.15, -0.1) is 11.3 Å². The number of nitrogens with zero attached hydrogens (tertiary/aromatic N) is 1. The molecule has 0 aliphatic heterocycles. The van der Waals surface area contributed by atoms with E-state index in [1.165, 1.54) is 64.7 Å². The average Bonchev–Trinajstić information content (AvgIpc) is 3.93. The predicted molar refractivity (Wildman–Crippen MR) is 268 cm³/mol. The number of para-hydroxylation sites is 1. The summed E-state index contributed by atoms with van der Waals surface area (Å²) in [6.07, 6.45) is 0. The van der Waals surface area contributed by atoms with Gasteiger partial charge in [-0.05, 0) is 111 Å². The van der Waals surface area contributed by atoms with E-state index in [9.17, 15) is 0 Å². The molecule has 0 unspecified atom stereocenters. The van der Waals surface area contributed by atoms with Crippen molar-refractivity contribution in [1.82, 2.24) is 0 Å². The largest absolute Gasteiger partial charge is 0.456 e. The Morgan fingerprint density at radius 3 is 1.60 bits per heavy atom. The first kappa shape index (κ1) is 36.8. The monoisotopic (exact) mass is 821 g/mol. The number of rotatable bonds is 8. The highest BCUT2D eigenvalue weighted by atomic mass is 32.1. The smallest absolute Gasteiger partial charge is 0.136 e. The van der Waals surface area contributed by atoms with E-state index < -0.39 is 0 Å². The molecule has 0 atom stereocenters. The van der Waals surface area contributed by atoms with E-state index in [2.05, 4.69) is 229 Å². The summed E-state index contributed by atoms with van der Waals surface area (Å²) >= 11 is 1.86. The van der Waals surface area contributed by atoms with Crippen LogP contribution in [0.3, 0.4) is 0 Å². The number of benzene rings is 10.